The molecule has 1 aromatic heterocycles. The second kappa shape index (κ2) is 3.48. The molecule has 0 bridgehead atoms. The number of hydrogen-bond donors (Lipinski definition) is 1. The van der Waals surface area contributed by atoms with Gasteiger partial charge in [0.15, 0.2) is 0 Å². The van der Waals surface area contributed by atoms with E-state index < -0.39 is 0 Å². The zero-order valence-corrected chi connectivity index (χ0v) is 10.2. The summed E-state index contributed by atoms with van der Waals surface area (Å²) in [5.74, 6) is 0.00551. The molecule has 15 heavy (non-hydrogen) atoms. The van der Waals surface area contributed by atoms with E-state index >= 15 is 0 Å². The number of carbonyl (C=O) groups excluding carboxylic acids is 1. The zero-order chi connectivity index (χ0) is 10.4. The van der Waals surface area contributed by atoms with Crippen LogP contribution in [0.2, 0.25) is 0 Å². The minimum atomic E-state index is 0.00551. The van der Waals surface area contributed by atoms with Gasteiger partial charge in [-0.2, -0.15) is 0 Å². The molecule has 3 heterocycles. The van der Waals surface area contributed by atoms with E-state index in [9.17, 15) is 4.79 Å². The lowest BCUT2D eigenvalue weighted by atomic mass is 9.99. The topological polar surface area (TPSA) is 43.3 Å². The van der Waals surface area contributed by atoms with E-state index in [4.69, 9.17) is 4.74 Å². The van der Waals surface area contributed by atoms with E-state index in [0.717, 1.165) is 13.0 Å². The Morgan fingerprint density at radius 1 is 1.60 bits per heavy atom. The minimum Gasteiger partial charge on any atom is -0.360 e. The van der Waals surface area contributed by atoms with Crippen LogP contribution in [-0.4, -0.2) is 23.1 Å². The van der Waals surface area contributed by atoms with Crippen LogP contribution >= 0.6 is 22.6 Å². The van der Waals surface area contributed by atoms with Crippen molar-refractivity contribution in [2.45, 2.75) is 25.1 Å². The van der Waals surface area contributed by atoms with E-state index in [1.54, 1.807) is 0 Å². The smallest absolute Gasteiger partial charge is 0.246 e. The first-order valence-electron chi connectivity index (χ1n) is 5.00. The van der Waals surface area contributed by atoms with Gasteiger partial charge in [0.05, 0.1) is 6.04 Å². The predicted molar refractivity (Wildman–Crippen MR) is 62.4 cm³/mol. The van der Waals surface area contributed by atoms with Crippen molar-refractivity contribution in [3.8, 4) is 0 Å². The number of carbonyl (C=O) groups is 1. The van der Waals surface area contributed by atoms with Crippen LogP contribution in [0.25, 0.3) is 0 Å². The summed E-state index contributed by atoms with van der Waals surface area (Å²) in [5.41, 5.74) is 1.19. The minimum absolute atomic E-state index is 0.00551. The Labute approximate surface area is 101 Å². The average Bonchev–Trinajstić information content (AvgIpc) is 2.58. The van der Waals surface area contributed by atoms with Gasteiger partial charge in [-0.05, 0) is 35.1 Å². The fourth-order valence-electron chi connectivity index (χ4n) is 2.32. The number of morpholine rings is 1. The maximum atomic E-state index is 11.2. The highest BCUT2D eigenvalue weighted by Gasteiger charge is 2.35. The summed E-state index contributed by atoms with van der Waals surface area (Å²) < 4.78 is 9.05. The van der Waals surface area contributed by atoms with Gasteiger partial charge in [-0.15, -0.1) is 0 Å². The van der Waals surface area contributed by atoms with Crippen LogP contribution in [0.15, 0.2) is 12.3 Å². The number of halogens is 1. The molecule has 2 atom stereocenters. The van der Waals surface area contributed by atoms with E-state index in [1.807, 2.05) is 0 Å². The number of fused-ring (bicyclic) bond motifs is 3. The highest BCUT2D eigenvalue weighted by atomic mass is 127. The molecule has 3 rings (SSSR count). The number of hydrogen-bond acceptors (Lipinski definition) is 2. The molecule has 1 saturated heterocycles. The number of aryl methyl sites for hydroxylation is 1. The third-order valence-electron chi connectivity index (χ3n) is 2.97. The number of nitrogens with one attached hydrogen (secondary N) is 1. The van der Waals surface area contributed by atoms with Crippen molar-refractivity contribution in [3.05, 3.63) is 21.5 Å². The van der Waals surface area contributed by atoms with Crippen molar-refractivity contribution >= 4 is 28.5 Å². The molecule has 4 nitrogen and oxygen atoms in total. The molecular formula is C10H11IN2O2. The Balaban J connectivity index is 1.96. The average molecular weight is 318 g/mol. The summed E-state index contributed by atoms with van der Waals surface area (Å²) in [6.07, 6.45) is 3.13. The van der Waals surface area contributed by atoms with Gasteiger partial charge < -0.3 is 14.6 Å². The van der Waals surface area contributed by atoms with E-state index in [-0.39, 0.29) is 24.7 Å². The number of ether oxygens (including phenoxy) is 1. The quantitative estimate of drug-likeness (QED) is 0.727. The molecule has 1 fully saturated rings. The summed E-state index contributed by atoms with van der Waals surface area (Å²) >= 11 is 2.30. The Bertz CT molecular complexity index is 416. The summed E-state index contributed by atoms with van der Waals surface area (Å²) in [5, 5.41) is 2.99. The molecule has 2 unspecified atom stereocenters. The first-order chi connectivity index (χ1) is 7.24. The van der Waals surface area contributed by atoms with E-state index in [1.165, 1.54) is 9.26 Å². The van der Waals surface area contributed by atoms with E-state index in [2.05, 4.69) is 44.7 Å². The van der Waals surface area contributed by atoms with Crippen molar-refractivity contribution in [1.29, 1.82) is 0 Å². The largest absolute Gasteiger partial charge is 0.360 e. The number of rotatable bonds is 0. The lowest BCUT2D eigenvalue weighted by molar-refractivity contribution is -0.138. The summed E-state index contributed by atoms with van der Waals surface area (Å²) in [6.45, 7) is 1.14. The maximum absolute atomic E-state index is 11.2. The summed E-state index contributed by atoms with van der Waals surface area (Å²) in [6, 6.07) is 2.29. The van der Waals surface area contributed by atoms with Gasteiger partial charge >= 0.3 is 0 Å². The predicted octanol–water partition coefficient (Wildman–Crippen LogP) is 1.05. The number of amides is 1. The Morgan fingerprint density at radius 3 is 3.33 bits per heavy atom. The second-order valence-electron chi connectivity index (χ2n) is 3.97. The Kier molecular flexibility index (Phi) is 2.24. The maximum Gasteiger partial charge on any atom is 0.246 e. The molecule has 5 heteroatoms. The monoisotopic (exact) mass is 318 g/mol. The molecule has 0 aromatic carbocycles. The fourth-order valence-corrected chi connectivity index (χ4v) is 2.98. The highest BCUT2D eigenvalue weighted by molar-refractivity contribution is 14.1. The van der Waals surface area contributed by atoms with Crippen LogP contribution in [0.3, 0.4) is 0 Å². The van der Waals surface area contributed by atoms with Gasteiger partial charge in [-0.1, -0.05) is 0 Å². The van der Waals surface area contributed by atoms with Crippen molar-refractivity contribution in [3.63, 3.8) is 0 Å². The standard InChI is InChI=1S/C10H11IN2O2/c11-6-3-8-10-7(1-2-13(8)4-6)12-9(14)5-15-10/h3-4,7,10H,1-2,5H2,(H,12,14). The van der Waals surface area contributed by atoms with Crippen LogP contribution in [0.5, 0.6) is 0 Å². The molecule has 1 aromatic rings. The highest BCUT2D eigenvalue weighted by Crippen LogP contribution is 2.32. The van der Waals surface area contributed by atoms with Crippen LogP contribution in [0.4, 0.5) is 0 Å². The zero-order valence-electron chi connectivity index (χ0n) is 8.07. The Hall–Kier alpha value is -0.560. The van der Waals surface area contributed by atoms with Crippen LogP contribution < -0.4 is 5.32 Å². The van der Waals surface area contributed by atoms with Gasteiger partial charge in [0, 0.05) is 22.0 Å². The van der Waals surface area contributed by atoms with Crippen molar-refractivity contribution in [1.82, 2.24) is 9.88 Å². The van der Waals surface area contributed by atoms with E-state index in [0.29, 0.717) is 0 Å². The van der Waals surface area contributed by atoms with Crippen LogP contribution in [0, 0.1) is 3.57 Å². The van der Waals surface area contributed by atoms with Gasteiger partial charge in [-0.25, -0.2) is 0 Å². The van der Waals surface area contributed by atoms with Crippen LogP contribution in [0.1, 0.15) is 18.2 Å². The summed E-state index contributed by atoms with van der Waals surface area (Å²) in [4.78, 5) is 11.2. The number of nitrogens with zero attached hydrogens (tertiary/aromatic N) is 1. The first kappa shape index (κ1) is 9.65. The molecular weight excluding hydrogens is 307 g/mol. The fraction of sp³-hybridized carbons (Fsp3) is 0.500. The Morgan fingerprint density at radius 2 is 2.47 bits per heavy atom. The lowest BCUT2D eigenvalue weighted by Crippen LogP contribution is -2.50. The molecule has 0 saturated carbocycles. The number of aromatic nitrogens is 1. The normalized spacial score (nSPS) is 29.3. The molecule has 0 aliphatic carbocycles. The SMILES string of the molecule is O=C1COC2c3cc(I)cn3CCC2N1. The lowest BCUT2D eigenvalue weighted by Gasteiger charge is -2.36. The second-order valence-corrected chi connectivity index (χ2v) is 5.22. The van der Waals surface area contributed by atoms with Crippen LogP contribution in [-0.2, 0) is 16.1 Å². The third-order valence-corrected chi connectivity index (χ3v) is 3.56. The molecule has 2 aliphatic heterocycles. The molecule has 1 N–H and O–H groups in total. The van der Waals surface area contributed by atoms with Crippen molar-refractivity contribution < 1.29 is 9.53 Å². The first-order valence-corrected chi connectivity index (χ1v) is 6.08. The van der Waals surface area contributed by atoms with Crippen molar-refractivity contribution in [2.75, 3.05) is 6.61 Å². The molecule has 0 radical (unpaired) electrons. The molecule has 1 amide bonds. The van der Waals surface area contributed by atoms with Gasteiger partial charge in [0.2, 0.25) is 5.91 Å². The molecule has 0 spiro atoms. The van der Waals surface area contributed by atoms with Gasteiger partial charge in [0.25, 0.3) is 0 Å². The molecule has 80 valence electrons. The molecule has 2 aliphatic rings. The van der Waals surface area contributed by atoms with Crippen molar-refractivity contribution in [2.24, 2.45) is 0 Å². The third kappa shape index (κ3) is 1.57. The van der Waals surface area contributed by atoms with Gasteiger partial charge in [0.1, 0.15) is 12.7 Å². The summed E-state index contributed by atoms with van der Waals surface area (Å²) in [7, 11) is 0. The van der Waals surface area contributed by atoms with Gasteiger partial charge in [-0.3, -0.25) is 4.79 Å².